The van der Waals surface area contributed by atoms with Crippen molar-refractivity contribution in [2.75, 3.05) is 6.61 Å². The molecule has 1 heterocycles. The van der Waals surface area contributed by atoms with Crippen LogP contribution in [0.3, 0.4) is 0 Å². The van der Waals surface area contributed by atoms with E-state index in [4.69, 9.17) is 9.47 Å². The molecular formula is C18H15N3O4. The number of nitrogens with zero attached hydrogens (tertiary/aromatic N) is 3. The maximum absolute atomic E-state index is 12.2. The van der Waals surface area contributed by atoms with E-state index in [0.29, 0.717) is 17.9 Å². The first-order chi connectivity index (χ1) is 12.2. The van der Waals surface area contributed by atoms with Crippen LogP contribution in [0.2, 0.25) is 0 Å². The van der Waals surface area contributed by atoms with Crippen molar-refractivity contribution in [2.24, 2.45) is 0 Å². The second-order valence-corrected chi connectivity index (χ2v) is 4.99. The molecule has 7 heteroatoms. The van der Waals surface area contributed by atoms with Crippen molar-refractivity contribution < 1.29 is 19.1 Å². The Morgan fingerprint density at radius 1 is 1.00 bits per heavy atom. The molecule has 126 valence electrons. The number of ether oxygens (including phenoxy) is 2. The average Bonchev–Trinajstić information content (AvgIpc) is 3.13. The molecule has 0 spiro atoms. The molecule has 0 saturated carbocycles. The maximum Gasteiger partial charge on any atom is 0.365 e. The molecule has 25 heavy (non-hydrogen) atoms. The van der Waals surface area contributed by atoms with Gasteiger partial charge in [-0.15, -0.1) is 5.10 Å². The van der Waals surface area contributed by atoms with E-state index in [1.807, 2.05) is 30.3 Å². The molecule has 1 aromatic heterocycles. The van der Waals surface area contributed by atoms with Crippen LogP contribution in [0.25, 0.3) is 5.69 Å². The Balaban J connectivity index is 1.68. The van der Waals surface area contributed by atoms with Gasteiger partial charge in [-0.1, -0.05) is 18.2 Å². The summed E-state index contributed by atoms with van der Waals surface area (Å²) in [4.78, 5) is 25.1. The summed E-state index contributed by atoms with van der Waals surface area (Å²) in [7, 11) is 0. The minimum Gasteiger partial charge on any atom is -0.462 e. The minimum absolute atomic E-state index is 0.0818. The molecule has 2 aromatic carbocycles. The smallest absolute Gasteiger partial charge is 0.365 e. The average molecular weight is 337 g/mol. The van der Waals surface area contributed by atoms with E-state index in [-0.39, 0.29) is 5.69 Å². The van der Waals surface area contributed by atoms with E-state index >= 15 is 0 Å². The number of carbonyl (C=O) groups excluding carboxylic acids is 2. The lowest BCUT2D eigenvalue weighted by molar-refractivity contribution is 0.0526. The number of aromatic nitrogens is 3. The number of rotatable bonds is 5. The number of esters is 2. The first-order valence-corrected chi connectivity index (χ1v) is 7.64. The number of hydrogen-bond acceptors (Lipinski definition) is 6. The van der Waals surface area contributed by atoms with Gasteiger partial charge in [-0.05, 0) is 43.3 Å². The fourth-order valence-electron chi connectivity index (χ4n) is 2.08. The minimum atomic E-state index is -0.633. The van der Waals surface area contributed by atoms with Crippen molar-refractivity contribution in [3.63, 3.8) is 0 Å². The van der Waals surface area contributed by atoms with Crippen LogP contribution in [-0.4, -0.2) is 33.5 Å². The third kappa shape index (κ3) is 3.89. The molecule has 0 bridgehead atoms. The normalized spacial score (nSPS) is 10.3. The summed E-state index contributed by atoms with van der Waals surface area (Å²) in [6.07, 6.45) is 1.34. The van der Waals surface area contributed by atoms with Gasteiger partial charge < -0.3 is 9.47 Å². The molecule has 0 aliphatic carbocycles. The second-order valence-electron chi connectivity index (χ2n) is 4.99. The lowest BCUT2D eigenvalue weighted by atomic mass is 10.2. The number of carbonyl (C=O) groups is 2. The lowest BCUT2D eigenvalue weighted by Crippen LogP contribution is -2.10. The molecule has 0 N–H and O–H groups in total. The van der Waals surface area contributed by atoms with Gasteiger partial charge in [-0.2, -0.15) is 9.90 Å². The summed E-state index contributed by atoms with van der Waals surface area (Å²) in [5, 5.41) is 8.15. The van der Waals surface area contributed by atoms with Crippen LogP contribution in [0.5, 0.6) is 5.75 Å². The topological polar surface area (TPSA) is 83.3 Å². The Labute approximate surface area is 143 Å². The highest BCUT2D eigenvalue weighted by molar-refractivity contribution is 5.90. The van der Waals surface area contributed by atoms with Gasteiger partial charge in [0.05, 0.1) is 24.1 Å². The molecule has 3 aromatic rings. The van der Waals surface area contributed by atoms with Gasteiger partial charge in [0.2, 0.25) is 0 Å². The number of benzene rings is 2. The molecule has 0 saturated heterocycles. The zero-order valence-electron chi connectivity index (χ0n) is 13.5. The highest BCUT2D eigenvalue weighted by Gasteiger charge is 2.14. The van der Waals surface area contributed by atoms with E-state index in [1.54, 1.807) is 6.92 Å². The predicted octanol–water partition coefficient (Wildman–Crippen LogP) is 2.66. The highest BCUT2D eigenvalue weighted by Crippen LogP contribution is 2.15. The molecule has 3 rings (SSSR count). The molecule has 0 aliphatic rings. The van der Waals surface area contributed by atoms with Crippen LogP contribution in [0.15, 0.2) is 60.8 Å². The zero-order valence-corrected chi connectivity index (χ0v) is 13.5. The van der Waals surface area contributed by atoms with Crippen LogP contribution in [0, 0.1) is 0 Å². The lowest BCUT2D eigenvalue weighted by Gasteiger charge is -2.04. The highest BCUT2D eigenvalue weighted by atomic mass is 16.5. The van der Waals surface area contributed by atoms with E-state index in [0.717, 1.165) is 5.69 Å². The molecule has 0 amide bonds. The van der Waals surface area contributed by atoms with Crippen molar-refractivity contribution in [2.45, 2.75) is 6.92 Å². The SMILES string of the molecule is CCOC(=O)c1ccc(OC(=O)c2cnn(-c3ccccc3)n2)cc1. The van der Waals surface area contributed by atoms with E-state index < -0.39 is 11.9 Å². The van der Waals surface area contributed by atoms with Crippen molar-refractivity contribution >= 4 is 11.9 Å². The van der Waals surface area contributed by atoms with Crippen LogP contribution in [-0.2, 0) is 4.74 Å². The molecular weight excluding hydrogens is 322 g/mol. The molecule has 0 unspecified atom stereocenters. The Bertz CT molecular complexity index is 873. The predicted molar refractivity (Wildman–Crippen MR) is 88.7 cm³/mol. The van der Waals surface area contributed by atoms with Crippen molar-refractivity contribution in [3.05, 3.63) is 72.1 Å². The van der Waals surface area contributed by atoms with Crippen molar-refractivity contribution in [1.29, 1.82) is 0 Å². The fourth-order valence-corrected chi connectivity index (χ4v) is 2.08. The number of hydrogen-bond donors (Lipinski definition) is 0. The quantitative estimate of drug-likeness (QED) is 0.526. The van der Waals surface area contributed by atoms with Crippen LogP contribution in [0.1, 0.15) is 27.8 Å². The first kappa shape index (κ1) is 16.4. The molecule has 7 nitrogen and oxygen atoms in total. The standard InChI is InChI=1S/C18H15N3O4/c1-2-24-17(22)13-8-10-15(11-9-13)25-18(23)16-12-19-21(20-16)14-6-4-3-5-7-14/h3-12H,2H2,1H3. The Morgan fingerprint density at radius 3 is 2.40 bits per heavy atom. The summed E-state index contributed by atoms with van der Waals surface area (Å²) in [6.45, 7) is 2.03. The summed E-state index contributed by atoms with van der Waals surface area (Å²) < 4.78 is 10.1. The molecule has 0 atom stereocenters. The Hall–Kier alpha value is -3.48. The second kappa shape index (κ2) is 7.39. The third-order valence-electron chi connectivity index (χ3n) is 3.26. The van der Waals surface area contributed by atoms with Gasteiger partial charge in [0.15, 0.2) is 5.69 Å². The van der Waals surface area contributed by atoms with Crippen molar-refractivity contribution in [1.82, 2.24) is 15.0 Å². The summed E-state index contributed by atoms with van der Waals surface area (Å²) in [5.74, 6) is -0.760. The Morgan fingerprint density at radius 2 is 1.72 bits per heavy atom. The number of para-hydroxylation sites is 1. The van der Waals surface area contributed by atoms with E-state index in [2.05, 4.69) is 10.2 Å². The van der Waals surface area contributed by atoms with Gasteiger partial charge in [0.25, 0.3) is 0 Å². The monoisotopic (exact) mass is 337 g/mol. The maximum atomic E-state index is 12.2. The molecule has 0 fully saturated rings. The van der Waals surface area contributed by atoms with Gasteiger partial charge >= 0.3 is 11.9 Å². The summed E-state index contributed by atoms with van der Waals surface area (Å²) >= 11 is 0. The zero-order chi connectivity index (χ0) is 17.6. The summed E-state index contributed by atoms with van der Waals surface area (Å²) in [5.41, 5.74) is 1.20. The fraction of sp³-hybridized carbons (Fsp3) is 0.111. The van der Waals surface area contributed by atoms with Crippen LogP contribution in [0.4, 0.5) is 0 Å². The van der Waals surface area contributed by atoms with E-state index in [9.17, 15) is 9.59 Å². The van der Waals surface area contributed by atoms with Gasteiger partial charge in [-0.25, -0.2) is 9.59 Å². The van der Waals surface area contributed by atoms with Gasteiger partial charge in [0, 0.05) is 0 Å². The van der Waals surface area contributed by atoms with Gasteiger partial charge in [-0.3, -0.25) is 0 Å². The summed E-state index contributed by atoms with van der Waals surface area (Å²) in [6, 6.07) is 15.3. The molecule has 0 aliphatic heterocycles. The van der Waals surface area contributed by atoms with E-state index in [1.165, 1.54) is 35.3 Å². The van der Waals surface area contributed by atoms with Crippen LogP contribution >= 0.6 is 0 Å². The largest absolute Gasteiger partial charge is 0.462 e. The Kier molecular flexibility index (Phi) is 4.84. The third-order valence-corrected chi connectivity index (χ3v) is 3.26. The van der Waals surface area contributed by atoms with Crippen molar-refractivity contribution in [3.8, 4) is 11.4 Å². The van der Waals surface area contributed by atoms with Crippen LogP contribution < -0.4 is 4.74 Å². The molecule has 0 radical (unpaired) electrons. The first-order valence-electron chi connectivity index (χ1n) is 7.64. The van der Waals surface area contributed by atoms with Gasteiger partial charge in [0.1, 0.15) is 5.75 Å².